The Morgan fingerprint density at radius 1 is 0.750 bits per heavy atom. The zero-order chi connectivity index (χ0) is 17.1. The molecule has 140 valence electrons. The molecule has 0 aliphatic heterocycles. The van der Waals surface area contributed by atoms with Gasteiger partial charge in [-0.3, -0.25) is 0 Å². The average Bonchev–Trinajstić information content (AvgIpc) is 2.62. The third kappa shape index (κ3) is 13.9. The minimum atomic E-state index is 0.913. The van der Waals surface area contributed by atoms with Crippen LogP contribution in [-0.4, -0.2) is 0 Å². The van der Waals surface area contributed by atoms with Crippen LogP contribution in [0.3, 0.4) is 0 Å². The van der Waals surface area contributed by atoms with Crippen LogP contribution in [0, 0.1) is 5.92 Å². The molecule has 0 amide bonds. The molecular formula is C24H44. The van der Waals surface area contributed by atoms with Crippen molar-refractivity contribution in [2.24, 2.45) is 5.92 Å². The standard InChI is InChI=1S/C24H44/c1-2-3-4-5-6-7-8-9-10-11-12-13-14-15-16-18-21-24-22-19-17-20-23-24/h9-10,19,22,24H,2-8,11-18,20-21,23H2,1H3/b10-9+. The van der Waals surface area contributed by atoms with Crippen molar-refractivity contribution in [2.75, 3.05) is 0 Å². The van der Waals surface area contributed by atoms with E-state index in [0.717, 1.165) is 5.92 Å². The summed E-state index contributed by atoms with van der Waals surface area (Å²) < 4.78 is 0. The minimum Gasteiger partial charge on any atom is -0.0885 e. The second-order valence-corrected chi connectivity index (χ2v) is 7.85. The lowest BCUT2D eigenvalue weighted by Crippen LogP contribution is -2.00. The van der Waals surface area contributed by atoms with E-state index in [0.29, 0.717) is 0 Å². The fourth-order valence-corrected chi connectivity index (χ4v) is 3.78. The monoisotopic (exact) mass is 332 g/mol. The largest absolute Gasteiger partial charge is 0.0885 e. The van der Waals surface area contributed by atoms with E-state index in [4.69, 9.17) is 0 Å². The van der Waals surface area contributed by atoms with Crippen LogP contribution in [0.1, 0.15) is 122 Å². The molecule has 1 unspecified atom stereocenters. The molecule has 1 rings (SSSR count). The molecule has 0 saturated carbocycles. The van der Waals surface area contributed by atoms with Crippen LogP contribution in [0.5, 0.6) is 0 Å². The van der Waals surface area contributed by atoms with Crippen molar-refractivity contribution in [3.05, 3.63) is 24.3 Å². The van der Waals surface area contributed by atoms with Crippen LogP contribution in [0.15, 0.2) is 24.3 Å². The SMILES string of the molecule is CCCCCCCC/C=C/CCCCCCCCC1C=CCCC1. The first-order valence-electron chi connectivity index (χ1n) is 11.2. The highest BCUT2D eigenvalue weighted by molar-refractivity contribution is 4.92. The summed E-state index contributed by atoms with van der Waals surface area (Å²) in [5.74, 6) is 0.913. The van der Waals surface area contributed by atoms with Gasteiger partial charge in [0.2, 0.25) is 0 Å². The van der Waals surface area contributed by atoms with Crippen molar-refractivity contribution in [2.45, 2.75) is 122 Å². The second-order valence-electron chi connectivity index (χ2n) is 7.85. The molecule has 0 aromatic rings. The van der Waals surface area contributed by atoms with Gasteiger partial charge in [-0.05, 0) is 57.3 Å². The third-order valence-corrected chi connectivity index (χ3v) is 5.44. The van der Waals surface area contributed by atoms with Gasteiger partial charge in [0.25, 0.3) is 0 Å². The summed E-state index contributed by atoms with van der Waals surface area (Å²) in [5, 5.41) is 0. The van der Waals surface area contributed by atoms with Gasteiger partial charge >= 0.3 is 0 Å². The van der Waals surface area contributed by atoms with E-state index >= 15 is 0 Å². The number of unbranched alkanes of at least 4 members (excludes halogenated alkanes) is 12. The molecule has 0 radical (unpaired) electrons. The average molecular weight is 333 g/mol. The van der Waals surface area contributed by atoms with Crippen molar-refractivity contribution in [3.63, 3.8) is 0 Å². The molecule has 0 fully saturated rings. The van der Waals surface area contributed by atoms with Gasteiger partial charge in [-0.25, -0.2) is 0 Å². The molecule has 0 nitrogen and oxygen atoms in total. The van der Waals surface area contributed by atoms with E-state index in [9.17, 15) is 0 Å². The van der Waals surface area contributed by atoms with E-state index in [1.165, 1.54) is 116 Å². The molecule has 0 bridgehead atoms. The van der Waals surface area contributed by atoms with Crippen LogP contribution in [-0.2, 0) is 0 Å². The van der Waals surface area contributed by atoms with E-state index in [1.807, 2.05) is 0 Å². The Bertz CT molecular complexity index is 299. The van der Waals surface area contributed by atoms with Crippen molar-refractivity contribution in [1.29, 1.82) is 0 Å². The molecule has 0 heteroatoms. The predicted molar refractivity (Wildman–Crippen MR) is 111 cm³/mol. The highest BCUT2D eigenvalue weighted by Gasteiger charge is 2.07. The maximum atomic E-state index is 2.47. The Kier molecular flexibility index (Phi) is 15.5. The number of allylic oxidation sites excluding steroid dienone is 4. The van der Waals surface area contributed by atoms with E-state index in [2.05, 4.69) is 31.2 Å². The molecule has 0 heterocycles. The number of rotatable bonds is 16. The Balaban J connectivity index is 1.73. The summed E-state index contributed by atoms with van der Waals surface area (Å²) in [6.45, 7) is 2.29. The van der Waals surface area contributed by atoms with Crippen molar-refractivity contribution in [1.82, 2.24) is 0 Å². The van der Waals surface area contributed by atoms with Gasteiger partial charge < -0.3 is 0 Å². The normalized spacial score (nSPS) is 17.8. The van der Waals surface area contributed by atoms with Gasteiger partial charge in [-0.2, -0.15) is 0 Å². The van der Waals surface area contributed by atoms with Gasteiger partial charge in [-0.1, -0.05) is 95.4 Å². The molecule has 0 spiro atoms. The van der Waals surface area contributed by atoms with Gasteiger partial charge in [0.05, 0.1) is 0 Å². The molecule has 1 atom stereocenters. The third-order valence-electron chi connectivity index (χ3n) is 5.44. The molecular weight excluding hydrogens is 288 g/mol. The highest BCUT2D eigenvalue weighted by Crippen LogP contribution is 2.22. The Morgan fingerprint density at radius 2 is 1.33 bits per heavy atom. The Morgan fingerprint density at radius 3 is 1.92 bits per heavy atom. The molecule has 0 N–H and O–H groups in total. The quantitative estimate of drug-likeness (QED) is 0.196. The first-order chi connectivity index (χ1) is 11.9. The minimum absolute atomic E-state index is 0.913. The number of hydrogen-bond donors (Lipinski definition) is 0. The van der Waals surface area contributed by atoms with Gasteiger partial charge in [0.15, 0.2) is 0 Å². The van der Waals surface area contributed by atoms with E-state index < -0.39 is 0 Å². The maximum Gasteiger partial charge on any atom is -0.0233 e. The van der Waals surface area contributed by atoms with E-state index in [1.54, 1.807) is 0 Å². The van der Waals surface area contributed by atoms with E-state index in [-0.39, 0.29) is 0 Å². The maximum absolute atomic E-state index is 2.47. The topological polar surface area (TPSA) is 0 Å². The summed E-state index contributed by atoms with van der Waals surface area (Å²) >= 11 is 0. The lowest BCUT2D eigenvalue weighted by atomic mass is 9.91. The molecule has 1 aliphatic carbocycles. The predicted octanol–water partition coefficient (Wildman–Crippen LogP) is 8.77. The van der Waals surface area contributed by atoms with Gasteiger partial charge in [0, 0.05) is 0 Å². The van der Waals surface area contributed by atoms with Crippen molar-refractivity contribution >= 4 is 0 Å². The smallest absolute Gasteiger partial charge is 0.0233 e. The summed E-state index contributed by atoms with van der Waals surface area (Å²) in [6, 6.07) is 0. The summed E-state index contributed by atoms with van der Waals surface area (Å²) in [7, 11) is 0. The van der Waals surface area contributed by atoms with Crippen LogP contribution in [0.2, 0.25) is 0 Å². The first kappa shape index (κ1) is 21.5. The summed E-state index contributed by atoms with van der Waals surface area (Å²) in [5.41, 5.74) is 0. The molecule has 0 aromatic heterocycles. The molecule has 0 aromatic carbocycles. The van der Waals surface area contributed by atoms with Crippen LogP contribution < -0.4 is 0 Å². The van der Waals surface area contributed by atoms with Crippen molar-refractivity contribution in [3.8, 4) is 0 Å². The first-order valence-corrected chi connectivity index (χ1v) is 11.2. The molecule has 0 saturated heterocycles. The van der Waals surface area contributed by atoms with Crippen LogP contribution in [0.4, 0.5) is 0 Å². The Labute approximate surface area is 153 Å². The fourth-order valence-electron chi connectivity index (χ4n) is 3.78. The second kappa shape index (κ2) is 17.3. The lowest BCUT2D eigenvalue weighted by Gasteiger charge is -2.15. The number of hydrogen-bond acceptors (Lipinski definition) is 0. The van der Waals surface area contributed by atoms with Gasteiger partial charge in [-0.15, -0.1) is 0 Å². The fraction of sp³-hybridized carbons (Fsp3) is 0.833. The Hall–Kier alpha value is -0.520. The summed E-state index contributed by atoms with van der Waals surface area (Å²) in [4.78, 5) is 0. The van der Waals surface area contributed by atoms with Crippen molar-refractivity contribution < 1.29 is 0 Å². The lowest BCUT2D eigenvalue weighted by molar-refractivity contribution is 0.469. The van der Waals surface area contributed by atoms with Gasteiger partial charge in [0.1, 0.15) is 0 Å². The zero-order valence-corrected chi connectivity index (χ0v) is 16.6. The molecule has 1 aliphatic rings. The van der Waals surface area contributed by atoms with Crippen LogP contribution in [0.25, 0.3) is 0 Å². The highest BCUT2D eigenvalue weighted by atomic mass is 14.1. The zero-order valence-electron chi connectivity index (χ0n) is 16.6. The summed E-state index contributed by atoms with van der Waals surface area (Å²) in [6.07, 6.45) is 35.1. The van der Waals surface area contributed by atoms with Crippen LogP contribution >= 0.6 is 0 Å². The molecule has 24 heavy (non-hydrogen) atoms.